The summed E-state index contributed by atoms with van der Waals surface area (Å²) in [6.45, 7) is 0. The number of nitriles is 1. The van der Waals surface area contributed by atoms with Crippen molar-refractivity contribution in [2.24, 2.45) is 5.10 Å². The molecule has 1 heterocycles. The minimum Gasteiger partial charge on any atom is -0.300 e. The quantitative estimate of drug-likeness (QED) is 0.583. The normalized spacial score (nSPS) is 23.8. The summed E-state index contributed by atoms with van der Waals surface area (Å²) in [5.74, 6) is 0. The van der Waals surface area contributed by atoms with E-state index in [4.69, 9.17) is 5.26 Å². The van der Waals surface area contributed by atoms with Gasteiger partial charge < -0.3 is 0 Å². The van der Waals surface area contributed by atoms with Crippen molar-refractivity contribution in [3.8, 4) is 6.07 Å². The van der Waals surface area contributed by atoms with Gasteiger partial charge in [0.1, 0.15) is 17.8 Å². The van der Waals surface area contributed by atoms with Gasteiger partial charge in [0, 0.05) is 6.42 Å². The van der Waals surface area contributed by atoms with Crippen LogP contribution in [0.1, 0.15) is 6.42 Å². The predicted molar refractivity (Wildman–Crippen MR) is 30.6 cm³/mol. The molecule has 54 valence electrons. The van der Waals surface area contributed by atoms with Crippen molar-refractivity contribution in [1.82, 2.24) is 5.43 Å². The van der Waals surface area contributed by atoms with Gasteiger partial charge in [-0.3, -0.25) is 5.43 Å². The summed E-state index contributed by atoms with van der Waals surface area (Å²) in [5.41, 5.74) is 2.32. The van der Waals surface area contributed by atoms with Crippen LogP contribution in [0.4, 0.5) is 8.78 Å². The number of nitrogens with one attached hydrogen (secondary N) is 1. The lowest BCUT2D eigenvalue weighted by Crippen LogP contribution is -2.27. The van der Waals surface area contributed by atoms with Crippen LogP contribution in [0.25, 0.3) is 0 Å². The summed E-state index contributed by atoms with van der Waals surface area (Å²) in [6.07, 6.45) is -2.41. The number of halogens is 2. The first-order chi connectivity index (χ1) is 4.74. The Balaban J connectivity index is 2.46. The van der Waals surface area contributed by atoms with Crippen LogP contribution in [0.5, 0.6) is 0 Å². The van der Waals surface area contributed by atoms with E-state index in [-0.39, 0.29) is 12.1 Å². The van der Waals surface area contributed by atoms with Crippen LogP contribution in [0.2, 0.25) is 0 Å². The molecule has 1 rings (SSSR count). The molecule has 0 spiro atoms. The lowest BCUT2D eigenvalue weighted by molar-refractivity contribution is 0.106. The van der Waals surface area contributed by atoms with Gasteiger partial charge in [-0.2, -0.15) is 10.4 Å². The van der Waals surface area contributed by atoms with Crippen molar-refractivity contribution in [2.75, 3.05) is 0 Å². The largest absolute Gasteiger partial charge is 0.300 e. The second kappa shape index (κ2) is 2.60. The highest BCUT2D eigenvalue weighted by atomic mass is 19.3. The first kappa shape index (κ1) is 6.93. The van der Waals surface area contributed by atoms with E-state index < -0.39 is 12.5 Å². The summed E-state index contributed by atoms with van der Waals surface area (Å²) in [6, 6.07) is 0.740. The Bertz CT molecular complexity index is 194. The topological polar surface area (TPSA) is 48.2 Å². The molecule has 3 nitrogen and oxygen atoms in total. The molecule has 0 amide bonds. The van der Waals surface area contributed by atoms with E-state index in [1.807, 2.05) is 0 Å². The van der Waals surface area contributed by atoms with Gasteiger partial charge in [-0.15, -0.1) is 0 Å². The number of hydrazone groups is 1. The van der Waals surface area contributed by atoms with Gasteiger partial charge in [0.15, 0.2) is 0 Å². The van der Waals surface area contributed by atoms with Crippen LogP contribution >= 0.6 is 0 Å². The van der Waals surface area contributed by atoms with E-state index in [0.29, 0.717) is 0 Å². The second-order valence-electron chi connectivity index (χ2n) is 1.94. The molecule has 0 saturated carbocycles. The first-order valence-corrected chi connectivity index (χ1v) is 2.74. The number of rotatable bonds is 1. The predicted octanol–water partition coefficient (Wildman–Crippen LogP) is 0.493. The fourth-order valence-electron chi connectivity index (χ4n) is 0.676. The summed E-state index contributed by atoms with van der Waals surface area (Å²) < 4.78 is 23.6. The Morgan fingerprint density at radius 1 is 1.80 bits per heavy atom. The molecule has 1 aliphatic rings. The Morgan fingerprint density at radius 3 is 2.80 bits per heavy atom. The monoisotopic (exact) mass is 145 g/mol. The molecule has 0 aliphatic carbocycles. The van der Waals surface area contributed by atoms with E-state index in [2.05, 4.69) is 10.5 Å². The van der Waals surface area contributed by atoms with Crippen molar-refractivity contribution in [2.45, 2.75) is 18.9 Å². The molecule has 0 fully saturated rings. The van der Waals surface area contributed by atoms with Crippen molar-refractivity contribution in [1.29, 1.82) is 5.26 Å². The van der Waals surface area contributed by atoms with Crippen LogP contribution in [0, 0.1) is 11.3 Å². The molecule has 0 aromatic carbocycles. The fraction of sp³-hybridized carbons (Fsp3) is 0.600. The van der Waals surface area contributed by atoms with Gasteiger partial charge in [-0.25, -0.2) is 8.78 Å². The standard InChI is InChI=1S/C5H5F2N3/c6-5(7)4-1-3(2-8)9-10-4/h4-5,10H,1H2/t4-/m0/s1. The third kappa shape index (κ3) is 1.21. The molecule has 0 aromatic heterocycles. The van der Waals surface area contributed by atoms with Crippen molar-refractivity contribution in [3.05, 3.63) is 0 Å². The van der Waals surface area contributed by atoms with Crippen molar-refractivity contribution in [3.63, 3.8) is 0 Å². The smallest absolute Gasteiger partial charge is 0.260 e. The molecule has 1 aliphatic heterocycles. The second-order valence-corrected chi connectivity index (χ2v) is 1.94. The third-order valence-electron chi connectivity index (χ3n) is 1.21. The lowest BCUT2D eigenvalue weighted by Gasteiger charge is -2.05. The van der Waals surface area contributed by atoms with Gasteiger partial charge in [-0.1, -0.05) is 0 Å². The first-order valence-electron chi connectivity index (χ1n) is 2.74. The fourth-order valence-corrected chi connectivity index (χ4v) is 0.676. The number of nitrogens with zero attached hydrogens (tertiary/aromatic N) is 2. The Kier molecular flexibility index (Phi) is 1.81. The Morgan fingerprint density at radius 2 is 2.50 bits per heavy atom. The van der Waals surface area contributed by atoms with Gasteiger partial charge in [0.05, 0.1) is 0 Å². The van der Waals surface area contributed by atoms with E-state index >= 15 is 0 Å². The number of hydrogen-bond donors (Lipinski definition) is 1. The average Bonchev–Trinajstić information content (AvgIpc) is 2.34. The van der Waals surface area contributed by atoms with Gasteiger partial charge in [-0.05, 0) is 0 Å². The SMILES string of the molecule is N#CC1=NN[C@H](C(F)F)C1. The van der Waals surface area contributed by atoms with Gasteiger partial charge in [0.25, 0.3) is 6.43 Å². The van der Waals surface area contributed by atoms with Gasteiger partial charge in [0.2, 0.25) is 0 Å². The maximum Gasteiger partial charge on any atom is 0.260 e. The Hall–Kier alpha value is -1.18. The highest BCUT2D eigenvalue weighted by Gasteiger charge is 2.26. The van der Waals surface area contributed by atoms with Crippen molar-refractivity contribution < 1.29 is 8.78 Å². The lowest BCUT2D eigenvalue weighted by atomic mass is 10.2. The summed E-state index contributed by atoms with van der Waals surface area (Å²) >= 11 is 0. The van der Waals surface area contributed by atoms with Crippen LogP contribution in [0.3, 0.4) is 0 Å². The molecule has 0 bridgehead atoms. The highest BCUT2D eigenvalue weighted by molar-refractivity contribution is 5.99. The van der Waals surface area contributed by atoms with E-state index in [9.17, 15) is 8.78 Å². The molecule has 0 radical (unpaired) electrons. The van der Waals surface area contributed by atoms with Crippen LogP contribution in [-0.4, -0.2) is 18.2 Å². The van der Waals surface area contributed by atoms with Crippen molar-refractivity contribution >= 4 is 5.71 Å². The molecule has 0 aromatic rings. The number of alkyl halides is 2. The maximum absolute atomic E-state index is 11.8. The van der Waals surface area contributed by atoms with Crippen LogP contribution < -0.4 is 5.43 Å². The zero-order chi connectivity index (χ0) is 7.56. The molecular formula is C5H5F2N3. The summed E-state index contributed by atoms with van der Waals surface area (Å²) in [5, 5.41) is 11.6. The van der Waals surface area contributed by atoms with Crippen LogP contribution in [0.15, 0.2) is 5.10 Å². The summed E-state index contributed by atoms with van der Waals surface area (Å²) in [4.78, 5) is 0. The molecule has 0 saturated heterocycles. The molecular weight excluding hydrogens is 140 g/mol. The molecule has 10 heavy (non-hydrogen) atoms. The third-order valence-corrected chi connectivity index (χ3v) is 1.21. The van der Waals surface area contributed by atoms with Crippen LogP contribution in [-0.2, 0) is 0 Å². The van der Waals surface area contributed by atoms with E-state index in [1.54, 1.807) is 6.07 Å². The number of hydrogen-bond acceptors (Lipinski definition) is 3. The zero-order valence-electron chi connectivity index (χ0n) is 5.01. The van der Waals surface area contributed by atoms with Gasteiger partial charge >= 0.3 is 0 Å². The highest BCUT2D eigenvalue weighted by Crippen LogP contribution is 2.10. The Labute approximate surface area is 56.3 Å². The minimum atomic E-state index is -2.45. The minimum absolute atomic E-state index is 0.0359. The van der Waals surface area contributed by atoms with E-state index in [0.717, 1.165) is 0 Å². The summed E-state index contributed by atoms with van der Waals surface area (Å²) in [7, 11) is 0. The molecule has 0 unspecified atom stereocenters. The molecule has 5 heteroatoms. The van der Waals surface area contributed by atoms with E-state index in [1.165, 1.54) is 0 Å². The molecule has 1 atom stereocenters. The average molecular weight is 145 g/mol. The molecule has 1 N–H and O–H groups in total. The maximum atomic E-state index is 11.8. The zero-order valence-corrected chi connectivity index (χ0v) is 5.01.